The smallest absolute Gasteiger partial charge is 0.0406 e. The van der Waals surface area contributed by atoms with Gasteiger partial charge in [0, 0.05) is 10.9 Å². The standard InChI is InChI=1S/C25H17Cl/c26-19-15-13-18(14-16-19)24-22-10-5-4-9-21(22)23-12-6-11-20(25(23)24)17-7-2-1-3-8-17/h1-16,24H. The Balaban J connectivity index is 1.81. The van der Waals surface area contributed by atoms with E-state index in [4.69, 9.17) is 11.6 Å². The molecule has 0 saturated carbocycles. The molecule has 26 heavy (non-hydrogen) atoms. The van der Waals surface area contributed by atoms with Gasteiger partial charge < -0.3 is 0 Å². The molecule has 4 aromatic carbocycles. The van der Waals surface area contributed by atoms with Crippen LogP contribution >= 0.6 is 11.6 Å². The lowest BCUT2D eigenvalue weighted by Gasteiger charge is -2.18. The maximum absolute atomic E-state index is 6.15. The van der Waals surface area contributed by atoms with Crippen molar-refractivity contribution < 1.29 is 0 Å². The molecule has 1 aliphatic carbocycles. The minimum atomic E-state index is 0.231. The summed E-state index contributed by atoms with van der Waals surface area (Å²) in [7, 11) is 0. The first-order chi connectivity index (χ1) is 12.8. The van der Waals surface area contributed by atoms with E-state index in [-0.39, 0.29) is 5.92 Å². The summed E-state index contributed by atoms with van der Waals surface area (Å²) in [6.45, 7) is 0. The summed E-state index contributed by atoms with van der Waals surface area (Å²) < 4.78 is 0. The first-order valence-electron chi connectivity index (χ1n) is 8.86. The molecule has 1 unspecified atom stereocenters. The molecule has 0 aromatic heterocycles. The number of hydrogen-bond donors (Lipinski definition) is 0. The van der Waals surface area contributed by atoms with Gasteiger partial charge >= 0.3 is 0 Å². The Morgan fingerprint density at radius 3 is 2.00 bits per heavy atom. The number of benzene rings is 4. The third kappa shape index (κ3) is 2.38. The van der Waals surface area contributed by atoms with Crippen molar-refractivity contribution in [2.45, 2.75) is 5.92 Å². The third-order valence-electron chi connectivity index (χ3n) is 5.24. The molecule has 0 radical (unpaired) electrons. The second-order valence-electron chi connectivity index (χ2n) is 6.70. The molecule has 0 amide bonds. The van der Waals surface area contributed by atoms with Gasteiger partial charge in [0.1, 0.15) is 0 Å². The summed E-state index contributed by atoms with van der Waals surface area (Å²) in [5, 5.41) is 0.775. The molecule has 0 spiro atoms. The van der Waals surface area contributed by atoms with Crippen molar-refractivity contribution in [1.29, 1.82) is 0 Å². The van der Waals surface area contributed by atoms with Gasteiger partial charge in [-0.2, -0.15) is 0 Å². The topological polar surface area (TPSA) is 0 Å². The van der Waals surface area contributed by atoms with E-state index in [2.05, 4.69) is 84.9 Å². The minimum absolute atomic E-state index is 0.231. The second-order valence-corrected chi connectivity index (χ2v) is 7.14. The van der Waals surface area contributed by atoms with Crippen LogP contribution in [0.1, 0.15) is 22.6 Å². The van der Waals surface area contributed by atoms with Gasteiger partial charge in [0.15, 0.2) is 0 Å². The van der Waals surface area contributed by atoms with Crippen LogP contribution < -0.4 is 0 Å². The molecule has 4 aromatic rings. The Bertz CT molecular complexity index is 1080. The van der Waals surface area contributed by atoms with E-state index in [1.54, 1.807) is 0 Å². The average molecular weight is 353 g/mol. The molecule has 0 nitrogen and oxygen atoms in total. The van der Waals surface area contributed by atoms with Gasteiger partial charge in [-0.3, -0.25) is 0 Å². The van der Waals surface area contributed by atoms with E-state index in [1.807, 2.05) is 12.1 Å². The largest absolute Gasteiger partial charge is 0.0843 e. The van der Waals surface area contributed by atoms with Crippen molar-refractivity contribution >= 4 is 11.6 Å². The lowest BCUT2D eigenvalue weighted by Crippen LogP contribution is -2.01. The van der Waals surface area contributed by atoms with Crippen LogP contribution in [0.5, 0.6) is 0 Å². The molecule has 1 aliphatic rings. The maximum Gasteiger partial charge on any atom is 0.0406 e. The zero-order valence-corrected chi connectivity index (χ0v) is 14.9. The highest BCUT2D eigenvalue weighted by Crippen LogP contribution is 2.51. The van der Waals surface area contributed by atoms with Crippen molar-refractivity contribution in [2.24, 2.45) is 0 Å². The monoisotopic (exact) mass is 352 g/mol. The van der Waals surface area contributed by atoms with Crippen LogP contribution in [-0.2, 0) is 0 Å². The predicted molar refractivity (Wildman–Crippen MR) is 110 cm³/mol. The zero-order chi connectivity index (χ0) is 17.5. The highest BCUT2D eigenvalue weighted by molar-refractivity contribution is 6.30. The Morgan fingerprint density at radius 1 is 0.538 bits per heavy atom. The summed E-state index contributed by atoms with van der Waals surface area (Å²) in [5.41, 5.74) is 9.27. The van der Waals surface area contributed by atoms with E-state index >= 15 is 0 Å². The molecule has 0 heterocycles. The zero-order valence-electron chi connectivity index (χ0n) is 14.2. The molecule has 0 bridgehead atoms. The SMILES string of the molecule is Clc1ccc(C2c3ccccc3-c3cccc(-c4ccccc4)c32)cc1. The molecule has 0 aliphatic heterocycles. The van der Waals surface area contributed by atoms with E-state index < -0.39 is 0 Å². The van der Waals surface area contributed by atoms with E-state index in [9.17, 15) is 0 Å². The van der Waals surface area contributed by atoms with Crippen molar-refractivity contribution in [3.05, 3.63) is 119 Å². The Labute approximate surface area is 158 Å². The molecule has 0 saturated heterocycles. The molecule has 0 N–H and O–H groups in total. The molecular weight excluding hydrogens is 336 g/mol. The van der Waals surface area contributed by atoms with Crippen LogP contribution in [0.25, 0.3) is 22.3 Å². The van der Waals surface area contributed by atoms with Gasteiger partial charge in [-0.15, -0.1) is 0 Å². The van der Waals surface area contributed by atoms with Gasteiger partial charge in [-0.05, 0) is 51.1 Å². The third-order valence-corrected chi connectivity index (χ3v) is 5.50. The summed E-state index contributed by atoms with van der Waals surface area (Å²) in [6.07, 6.45) is 0. The predicted octanol–water partition coefficient (Wildman–Crippen LogP) is 7.17. The summed E-state index contributed by atoms with van der Waals surface area (Å²) in [6, 6.07) is 34.4. The highest BCUT2D eigenvalue weighted by Gasteiger charge is 2.31. The van der Waals surface area contributed by atoms with E-state index in [1.165, 1.54) is 38.9 Å². The number of fused-ring (bicyclic) bond motifs is 3. The molecule has 5 rings (SSSR count). The number of halogens is 1. The van der Waals surface area contributed by atoms with Gasteiger partial charge in [0.05, 0.1) is 0 Å². The van der Waals surface area contributed by atoms with Gasteiger partial charge in [0.25, 0.3) is 0 Å². The lowest BCUT2D eigenvalue weighted by atomic mass is 9.85. The van der Waals surface area contributed by atoms with Gasteiger partial charge in [-0.25, -0.2) is 0 Å². The molecule has 1 heteroatoms. The number of hydrogen-bond acceptors (Lipinski definition) is 0. The lowest BCUT2D eigenvalue weighted by molar-refractivity contribution is 1.02. The molecule has 0 fully saturated rings. The fraction of sp³-hybridized carbons (Fsp3) is 0.0400. The van der Waals surface area contributed by atoms with E-state index in [0.717, 1.165) is 5.02 Å². The summed E-state index contributed by atoms with van der Waals surface area (Å²) in [4.78, 5) is 0. The van der Waals surface area contributed by atoms with E-state index in [0.29, 0.717) is 0 Å². The average Bonchev–Trinajstić information content (AvgIpc) is 3.04. The normalized spacial score (nSPS) is 14.7. The summed E-state index contributed by atoms with van der Waals surface area (Å²) in [5.74, 6) is 0.231. The van der Waals surface area contributed by atoms with Crippen molar-refractivity contribution in [3.63, 3.8) is 0 Å². The Hall–Kier alpha value is -2.83. The minimum Gasteiger partial charge on any atom is -0.0843 e. The van der Waals surface area contributed by atoms with Crippen molar-refractivity contribution in [3.8, 4) is 22.3 Å². The highest BCUT2D eigenvalue weighted by atomic mass is 35.5. The van der Waals surface area contributed by atoms with Crippen LogP contribution in [0.3, 0.4) is 0 Å². The van der Waals surface area contributed by atoms with Crippen LogP contribution in [0.2, 0.25) is 5.02 Å². The molecular formula is C25H17Cl. The van der Waals surface area contributed by atoms with Gasteiger partial charge in [-0.1, -0.05) is 96.5 Å². The fourth-order valence-electron chi connectivity index (χ4n) is 4.13. The summed E-state index contributed by atoms with van der Waals surface area (Å²) >= 11 is 6.15. The van der Waals surface area contributed by atoms with Crippen molar-refractivity contribution in [1.82, 2.24) is 0 Å². The molecule has 124 valence electrons. The Morgan fingerprint density at radius 2 is 1.19 bits per heavy atom. The molecule has 1 atom stereocenters. The fourth-order valence-corrected chi connectivity index (χ4v) is 4.26. The van der Waals surface area contributed by atoms with Crippen LogP contribution in [-0.4, -0.2) is 0 Å². The number of rotatable bonds is 2. The van der Waals surface area contributed by atoms with Crippen LogP contribution in [0, 0.1) is 0 Å². The van der Waals surface area contributed by atoms with Crippen LogP contribution in [0.4, 0.5) is 0 Å². The van der Waals surface area contributed by atoms with Crippen LogP contribution in [0.15, 0.2) is 97.1 Å². The van der Waals surface area contributed by atoms with Crippen molar-refractivity contribution in [2.75, 3.05) is 0 Å². The first kappa shape index (κ1) is 15.4. The maximum atomic E-state index is 6.15. The Kier molecular flexibility index (Phi) is 3.65. The van der Waals surface area contributed by atoms with Gasteiger partial charge in [0.2, 0.25) is 0 Å². The first-order valence-corrected chi connectivity index (χ1v) is 9.24. The second kappa shape index (κ2) is 6.16. The quantitative estimate of drug-likeness (QED) is 0.316.